The molecular weight excluding hydrogens is 256 g/mol. The van der Waals surface area contributed by atoms with Gasteiger partial charge in [0, 0.05) is 6.42 Å². The van der Waals surface area contributed by atoms with E-state index in [0.717, 1.165) is 34.5 Å². The number of aromatic nitrogens is 3. The molecule has 15 heavy (non-hydrogen) atoms. The normalized spacial score (nSPS) is 11.1. The molecule has 2 aromatic rings. The zero-order chi connectivity index (χ0) is 10.8. The quantitative estimate of drug-likeness (QED) is 0.919. The predicted molar refractivity (Wildman–Crippen MR) is 62.8 cm³/mol. The molecule has 0 unspecified atom stereocenters. The molecule has 0 atom stereocenters. The highest BCUT2D eigenvalue weighted by atomic mass is 79.9. The summed E-state index contributed by atoms with van der Waals surface area (Å²) >= 11 is 3.50. The Morgan fingerprint density at radius 2 is 2.27 bits per heavy atom. The van der Waals surface area contributed by atoms with Gasteiger partial charge < -0.3 is 5.73 Å². The minimum Gasteiger partial charge on any atom is -0.330 e. The second-order valence-electron chi connectivity index (χ2n) is 3.34. The van der Waals surface area contributed by atoms with Crippen molar-refractivity contribution in [1.82, 2.24) is 14.6 Å². The Morgan fingerprint density at radius 1 is 1.47 bits per heavy atom. The molecule has 80 valence electrons. The molecule has 2 rings (SSSR count). The Balaban J connectivity index is 2.56. The summed E-state index contributed by atoms with van der Waals surface area (Å²) < 4.78 is 2.74. The van der Waals surface area contributed by atoms with E-state index in [1.165, 1.54) is 0 Å². The van der Waals surface area contributed by atoms with Gasteiger partial charge in [-0.15, -0.1) is 0 Å². The van der Waals surface area contributed by atoms with Crippen LogP contribution in [0.25, 0.3) is 5.65 Å². The van der Waals surface area contributed by atoms with E-state index in [0.29, 0.717) is 6.54 Å². The van der Waals surface area contributed by atoms with Crippen molar-refractivity contribution in [3.8, 4) is 0 Å². The van der Waals surface area contributed by atoms with Crippen LogP contribution in [-0.4, -0.2) is 21.1 Å². The maximum Gasteiger partial charge on any atom is 0.155 e. The van der Waals surface area contributed by atoms with Crippen LogP contribution in [0.15, 0.2) is 16.7 Å². The summed E-state index contributed by atoms with van der Waals surface area (Å²) in [6, 6.07) is 3.98. The summed E-state index contributed by atoms with van der Waals surface area (Å²) in [4.78, 5) is 4.45. The lowest BCUT2D eigenvalue weighted by atomic mass is 10.3. The monoisotopic (exact) mass is 268 g/mol. The lowest BCUT2D eigenvalue weighted by Gasteiger charge is -1.97. The van der Waals surface area contributed by atoms with Crippen molar-refractivity contribution in [1.29, 1.82) is 0 Å². The number of fused-ring (bicyclic) bond motifs is 1. The zero-order valence-electron chi connectivity index (χ0n) is 8.57. The summed E-state index contributed by atoms with van der Waals surface area (Å²) in [6.45, 7) is 2.68. The number of aryl methyl sites for hydroxylation is 1. The highest BCUT2D eigenvalue weighted by molar-refractivity contribution is 9.10. The molecule has 4 nitrogen and oxygen atoms in total. The van der Waals surface area contributed by atoms with Gasteiger partial charge in [0.25, 0.3) is 0 Å². The summed E-state index contributed by atoms with van der Waals surface area (Å²) in [6.07, 6.45) is 1.69. The molecule has 0 aliphatic carbocycles. The maximum atomic E-state index is 5.52. The molecule has 0 radical (unpaired) electrons. The van der Waals surface area contributed by atoms with E-state index >= 15 is 0 Å². The van der Waals surface area contributed by atoms with Crippen molar-refractivity contribution < 1.29 is 0 Å². The fourth-order valence-electron chi connectivity index (χ4n) is 1.47. The van der Waals surface area contributed by atoms with Crippen LogP contribution in [0.5, 0.6) is 0 Å². The maximum absolute atomic E-state index is 5.52. The van der Waals surface area contributed by atoms with Gasteiger partial charge in [0.2, 0.25) is 0 Å². The second kappa shape index (κ2) is 4.28. The molecule has 0 saturated heterocycles. The van der Waals surface area contributed by atoms with Crippen molar-refractivity contribution >= 4 is 21.6 Å². The third kappa shape index (κ3) is 1.89. The van der Waals surface area contributed by atoms with Gasteiger partial charge in [-0.25, -0.2) is 9.50 Å². The highest BCUT2D eigenvalue weighted by Gasteiger charge is 2.09. The molecule has 2 N–H and O–H groups in total. The van der Waals surface area contributed by atoms with Crippen LogP contribution >= 0.6 is 15.9 Å². The van der Waals surface area contributed by atoms with Crippen LogP contribution in [0, 0.1) is 0 Å². The smallest absolute Gasteiger partial charge is 0.155 e. The van der Waals surface area contributed by atoms with Crippen molar-refractivity contribution in [3.63, 3.8) is 0 Å². The minimum atomic E-state index is 0.600. The van der Waals surface area contributed by atoms with Gasteiger partial charge in [-0.05, 0) is 41.0 Å². The Bertz CT molecular complexity index is 477. The molecule has 0 amide bonds. The van der Waals surface area contributed by atoms with E-state index in [1.54, 1.807) is 0 Å². The van der Waals surface area contributed by atoms with Gasteiger partial charge in [-0.1, -0.05) is 6.92 Å². The van der Waals surface area contributed by atoms with E-state index in [4.69, 9.17) is 5.73 Å². The SMILES string of the molecule is CCc1ccc2nc(CCN)c(Br)n2n1. The highest BCUT2D eigenvalue weighted by Crippen LogP contribution is 2.18. The first-order chi connectivity index (χ1) is 7.26. The van der Waals surface area contributed by atoms with Gasteiger partial charge in [-0.2, -0.15) is 5.10 Å². The average molecular weight is 269 g/mol. The number of imidazole rings is 1. The lowest BCUT2D eigenvalue weighted by Crippen LogP contribution is -2.03. The summed E-state index contributed by atoms with van der Waals surface area (Å²) in [5, 5.41) is 4.46. The lowest BCUT2D eigenvalue weighted by molar-refractivity contribution is 0.841. The standard InChI is InChI=1S/C10H13BrN4/c1-2-7-3-4-9-13-8(5-6-12)10(11)15(9)14-7/h3-4H,2,5-6,12H2,1H3. The first kappa shape index (κ1) is 10.6. The Kier molecular flexibility index (Phi) is 3.02. The number of rotatable bonds is 3. The van der Waals surface area contributed by atoms with E-state index < -0.39 is 0 Å². The topological polar surface area (TPSA) is 56.2 Å². The molecule has 2 heterocycles. The summed E-state index contributed by atoms with van der Waals surface area (Å²) in [5.74, 6) is 0. The van der Waals surface area contributed by atoms with Crippen LogP contribution in [0.1, 0.15) is 18.3 Å². The van der Waals surface area contributed by atoms with Crippen LogP contribution in [0.4, 0.5) is 0 Å². The van der Waals surface area contributed by atoms with Crippen molar-refractivity contribution in [3.05, 3.63) is 28.1 Å². The van der Waals surface area contributed by atoms with Gasteiger partial charge in [0.1, 0.15) is 4.60 Å². The number of nitrogens with two attached hydrogens (primary N) is 1. The van der Waals surface area contributed by atoms with E-state index in [1.807, 2.05) is 16.6 Å². The summed E-state index contributed by atoms with van der Waals surface area (Å²) in [5.41, 5.74) is 8.41. The fourth-order valence-corrected chi connectivity index (χ4v) is 2.02. The first-order valence-corrected chi connectivity index (χ1v) is 5.78. The molecule has 0 fully saturated rings. The van der Waals surface area contributed by atoms with Crippen LogP contribution in [0.3, 0.4) is 0 Å². The van der Waals surface area contributed by atoms with Crippen molar-refractivity contribution in [2.24, 2.45) is 5.73 Å². The largest absolute Gasteiger partial charge is 0.330 e. The third-order valence-corrected chi connectivity index (χ3v) is 3.08. The average Bonchev–Trinajstić information content (AvgIpc) is 2.56. The van der Waals surface area contributed by atoms with Crippen molar-refractivity contribution in [2.75, 3.05) is 6.54 Å². The molecule has 0 aromatic carbocycles. The summed E-state index contributed by atoms with van der Waals surface area (Å²) in [7, 11) is 0. The second-order valence-corrected chi connectivity index (χ2v) is 4.09. The molecule has 0 bridgehead atoms. The predicted octanol–water partition coefficient (Wildman–Crippen LogP) is 1.56. The number of hydrogen-bond donors (Lipinski definition) is 1. The van der Waals surface area contributed by atoms with Gasteiger partial charge in [0.15, 0.2) is 5.65 Å². The van der Waals surface area contributed by atoms with E-state index in [-0.39, 0.29) is 0 Å². The molecule has 5 heteroatoms. The molecule has 0 aliphatic rings. The molecular formula is C10H13BrN4. The molecule has 2 aromatic heterocycles. The number of nitrogens with zero attached hydrogens (tertiary/aromatic N) is 3. The molecule has 0 aliphatic heterocycles. The van der Waals surface area contributed by atoms with Gasteiger partial charge >= 0.3 is 0 Å². The molecule has 0 saturated carbocycles. The Labute approximate surface area is 96.6 Å². The number of hydrogen-bond acceptors (Lipinski definition) is 3. The van der Waals surface area contributed by atoms with Crippen molar-refractivity contribution in [2.45, 2.75) is 19.8 Å². The molecule has 0 spiro atoms. The van der Waals surface area contributed by atoms with Crippen LogP contribution in [0.2, 0.25) is 0 Å². The van der Waals surface area contributed by atoms with Gasteiger partial charge in [0.05, 0.1) is 11.4 Å². The van der Waals surface area contributed by atoms with Crippen LogP contribution < -0.4 is 5.73 Å². The van der Waals surface area contributed by atoms with Gasteiger partial charge in [-0.3, -0.25) is 0 Å². The third-order valence-electron chi connectivity index (χ3n) is 2.29. The minimum absolute atomic E-state index is 0.600. The van der Waals surface area contributed by atoms with Crippen LogP contribution in [-0.2, 0) is 12.8 Å². The van der Waals surface area contributed by atoms with E-state index in [2.05, 4.69) is 32.9 Å². The van der Waals surface area contributed by atoms with E-state index in [9.17, 15) is 0 Å². The number of halogens is 1. The first-order valence-electron chi connectivity index (χ1n) is 4.99. The Morgan fingerprint density at radius 3 is 2.93 bits per heavy atom. The fraction of sp³-hybridized carbons (Fsp3) is 0.400. The zero-order valence-corrected chi connectivity index (χ0v) is 10.2. The Hall–Kier alpha value is -0.940.